The normalized spacial score (nSPS) is 18.6. The molecule has 0 bridgehead atoms. The molecule has 7 heteroatoms. The van der Waals surface area contributed by atoms with Gasteiger partial charge in [0.05, 0.1) is 11.5 Å². The van der Waals surface area contributed by atoms with E-state index in [-0.39, 0.29) is 11.5 Å². The van der Waals surface area contributed by atoms with Gasteiger partial charge in [0.2, 0.25) is 5.95 Å². The minimum absolute atomic E-state index is 0.203. The summed E-state index contributed by atoms with van der Waals surface area (Å²) in [5, 5.41) is 3.12. The highest BCUT2D eigenvalue weighted by atomic mass is 32.2. The van der Waals surface area contributed by atoms with Crippen LogP contribution >= 0.6 is 0 Å². The third-order valence-electron chi connectivity index (χ3n) is 2.84. The summed E-state index contributed by atoms with van der Waals surface area (Å²) in [5.41, 5.74) is 0. The molecular weight excluding hydrogens is 252 g/mol. The second-order valence-electron chi connectivity index (χ2n) is 4.30. The van der Waals surface area contributed by atoms with Gasteiger partial charge in [-0.05, 0) is 12.5 Å². The summed E-state index contributed by atoms with van der Waals surface area (Å²) < 4.78 is 22.7. The molecule has 0 unspecified atom stereocenters. The average Bonchev–Trinajstić information content (AvgIpc) is 2.37. The van der Waals surface area contributed by atoms with Crippen LogP contribution < -0.4 is 10.2 Å². The molecule has 1 fully saturated rings. The van der Waals surface area contributed by atoms with Crippen molar-refractivity contribution in [3.63, 3.8) is 0 Å². The van der Waals surface area contributed by atoms with Crippen LogP contribution in [0.15, 0.2) is 12.3 Å². The van der Waals surface area contributed by atoms with Crippen LogP contribution in [0.5, 0.6) is 0 Å². The Morgan fingerprint density at radius 1 is 1.39 bits per heavy atom. The van der Waals surface area contributed by atoms with Gasteiger partial charge >= 0.3 is 0 Å². The Bertz CT molecular complexity index is 490. The van der Waals surface area contributed by atoms with Gasteiger partial charge in [-0.1, -0.05) is 6.92 Å². The predicted octanol–water partition coefficient (Wildman–Crippen LogP) is 0.533. The third kappa shape index (κ3) is 3.32. The zero-order valence-electron chi connectivity index (χ0n) is 10.5. The average molecular weight is 270 g/mol. The molecule has 2 rings (SSSR count). The number of nitrogens with zero attached hydrogens (tertiary/aromatic N) is 3. The van der Waals surface area contributed by atoms with Crippen molar-refractivity contribution in [3.05, 3.63) is 12.3 Å². The Morgan fingerprint density at radius 3 is 2.78 bits per heavy atom. The fourth-order valence-corrected chi connectivity index (χ4v) is 2.99. The SMILES string of the molecule is CCCNc1nccc(N2CCS(=O)(=O)CC2)n1. The van der Waals surface area contributed by atoms with Crippen molar-refractivity contribution >= 4 is 21.6 Å². The Labute approximate surface area is 107 Å². The molecule has 100 valence electrons. The molecule has 0 spiro atoms. The standard InChI is InChI=1S/C11H18N4O2S/c1-2-4-12-11-13-5-3-10(14-11)15-6-8-18(16,17)9-7-15/h3,5H,2,4,6-9H2,1H3,(H,12,13,14). The van der Waals surface area contributed by atoms with E-state index in [2.05, 4.69) is 22.2 Å². The monoisotopic (exact) mass is 270 g/mol. The summed E-state index contributed by atoms with van der Waals surface area (Å²) >= 11 is 0. The zero-order valence-corrected chi connectivity index (χ0v) is 11.3. The summed E-state index contributed by atoms with van der Waals surface area (Å²) in [7, 11) is -2.85. The van der Waals surface area contributed by atoms with Crippen molar-refractivity contribution in [1.29, 1.82) is 0 Å². The van der Waals surface area contributed by atoms with E-state index in [1.807, 2.05) is 11.0 Å². The Balaban J connectivity index is 2.05. The molecule has 1 aliphatic heterocycles. The van der Waals surface area contributed by atoms with E-state index >= 15 is 0 Å². The summed E-state index contributed by atoms with van der Waals surface area (Å²) in [6, 6.07) is 1.81. The van der Waals surface area contributed by atoms with E-state index in [1.165, 1.54) is 0 Å². The first-order valence-corrected chi connectivity index (χ1v) is 7.95. The van der Waals surface area contributed by atoms with E-state index in [1.54, 1.807) is 6.20 Å². The van der Waals surface area contributed by atoms with Crippen LogP contribution in [0.2, 0.25) is 0 Å². The van der Waals surface area contributed by atoms with Gasteiger partial charge < -0.3 is 10.2 Å². The predicted molar refractivity (Wildman–Crippen MR) is 71.7 cm³/mol. The first-order chi connectivity index (χ1) is 8.61. The van der Waals surface area contributed by atoms with E-state index < -0.39 is 9.84 Å². The maximum atomic E-state index is 11.4. The number of aromatic nitrogens is 2. The zero-order chi connectivity index (χ0) is 13.0. The van der Waals surface area contributed by atoms with Crippen LogP contribution in [-0.4, -0.2) is 49.5 Å². The topological polar surface area (TPSA) is 75.2 Å². The highest BCUT2D eigenvalue weighted by Gasteiger charge is 2.22. The molecular formula is C11H18N4O2S. The molecule has 0 saturated carbocycles. The molecule has 1 aromatic heterocycles. The molecule has 0 aliphatic carbocycles. The third-order valence-corrected chi connectivity index (χ3v) is 4.45. The molecule has 0 atom stereocenters. The molecule has 0 aromatic carbocycles. The lowest BCUT2D eigenvalue weighted by Gasteiger charge is -2.27. The smallest absolute Gasteiger partial charge is 0.224 e. The largest absolute Gasteiger partial charge is 0.354 e. The van der Waals surface area contributed by atoms with Crippen molar-refractivity contribution in [2.24, 2.45) is 0 Å². The molecule has 0 amide bonds. The van der Waals surface area contributed by atoms with Gasteiger partial charge in [-0.25, -0.2) is 13.4 Å². The lowest BCUT2D eigenvalue weighted by Crippen LogP contribution is -2.40. The van der Waals surface area contributed by atoms with Crippen LogP contribution in [0, 0.1) is 0 Å². The van der Waals surface area contributed by atoms with Crippen molar-refractivity contribution < 1.29 is 8.42 Å². The number of nitrogens with one attached hydrogen (secondary N) is 1. The summed E-state index contributed by atoms with van der Waals surface area (Å²) in [5.74, 6) is 1.80. The molecule has 1 aromatic rings. The highest BCUT2D eigenvalue weighted by molar-refractivity contribution is 7.91. The Hall–Kier alpha value is -1.37. The lowest BCUT2D eigenvalue weighted by molar-refractivity contribution is 0.586. The quantitative estimate of drug-likeness (QED) is 0.860. The van der Waals surface area contributed by atoms with E-state index in [0.29, 0.717) is 19.0 Å². The number of rotatable bonds is 4. The molecule has 6 nitrogen and oxygen atoms in total. The van der Waals surface area contributed by atoms with Gasteiger partial charge in [0.1, 0.15) is 5.82 Å². The van der Waals surface area contributed by atoms with Crippen molar-refractivity contribution in [2.45, 2.75) is 13.3 Å². The maximum absolute atomic E-state index is 11.4. The first-order valence-electron chi connectivity index (χ1n) is 6.13. The Kier molecular flexibility index (Phi) is 4.00. The van der Waals surface area contributed by atoms with E-state index in [9.17, 15) is 8.42 Å². The lowest BCUT2D eigenvalue weighted by atomic mass is 10.4. The first kappa shape index (κ1) is 13.1. The van der Waals surface area contributed by atoms with E-state index in [4.69, 9.17) is 0 Å². The molecule has 1 N–H and O–H groups in total. The summed E-state index contributed by atoms with van der Waals surface area (Å²) in [6.07, 6.45) is 2.71. The van der Waals surface area contributed by atoms with Gasteiger partial charge in [-0.2, -0.15) is 4.98 Å². The van der Waals surface area contributed by atoms with Gasteiger partial charge in [-0.15, -0.1) is 0 Å². The molecule has 2 heterocycles. The van der Waals surface area contributed by atoms with Gasteiger partial charge in [0.15, 0.2) is 9.84 Å². The van der Waals surface area contributed by atoms with Crippen LogP contribution in [0.25, 0.3) is 0 Å². The molecule has 18 heavy (non-hydrogen) atoms. The van der Waals surface area contributed by atoms with Gasteiger partial charge in [0, 0.05) is 25.8 Å². The van der Waals surface area contributed by atoms with Crippen LogP contribution in [0.3, 0.4) is 0 Å². The minimum atomic E-state index is -2.85. The van der Waals surface area contributed by atoms with Crippen molar-refractivity contribution in [3.8, 4) is 0 Å². The van der Waals surface area contributed by atoms with Crippen molar-refractivity contribution in [2.75, 3.05) is 41.4 Å². The molecule has 1 saturated heterocycles. The van der Waals surface area contributed by atoms with Gasteiger partial charge in [-0.3, -0.25) is 0 Å². The second kappa shape index (κ2) is 5.51. The van der Waals surface area contributed by atoms with Gasteiger partial charge in [0.25, 0.3) is 0 Å². The minimum Gasteiger partial charge on any atom is -0.354 e. The fourth-order valence-electron chi connectivity index (χ4n) is 1.79. The number of hydrogen-bond acceptors (Lipinski definition) is 6. The van der Waals surface area contributed by atoms with Crippen molar-refractivity contribution in [1.82, 2.24) is 9.97 Å². The van der Waals surface area contributed by atoms with Crippen LogP contribution in [0.4, 0.5) is 11.8 Å². The molecule has 0 radical (unpaired) electrons. The van der Waals surface area contributed by atoms with Crippen LogP contribution in [-0.2, 0) is 9.84 Å². The number of hydrogen-bond donors (Lipinski definition) is 1. The maximum Gasteiger partial charge on any atom is 0.224 e. The summed E-state index contributed by atoms with van der Waals surface area (Å²) in [4.78, 5) is 10.5. The highest BCUT2D eigenvalue weighted by Crippen LogP contribution is 2.15. The summed E-state index contributed by atoms with van der Waals surface area (Å²) in [6.45, 7) is 3.92. The fraction of sp³-hybridized carbons (Fsp3) is 0.636. The molecule has 1 aliphatic rings. The number of anilines is 2. The van der Waals surface area contributed by atoms with E-state index in [0.717, 1.165) is 18.8 Å². The second-order valence-corrected chi connectivity index (χ2v) is 6.61. The van der Waals surface area contributed by atoms with Crippen LogP contribution in [0.1, 0.15) is 13.3 Å². The number of sulfone groups is 1. The Morgan fingerprint density at radius 2 is 2.11 bits per heavy atom.